The Bertz CT molecular complexity index is 1050. The van der Waals surface area contributed by atoms with Gasteiger partial charge in [0.15, 0.2) is 5.71 Å². The molecule has 0 fully saturated rings. The predicted molar refractivity (Wildman–Crippen MR) is 126 cm³/mol. The van der Waals surface area contributed by atoms with Gasteiger partial charge in [-0.2, -0.15) is 0 Å². The molecular weight excluding hydrogens is 352 g/mol. The first-order valence-electron chi connectivity index (χ1n) is 10.9. The number of rotatable bonds is 2. The largest absolute Gasteiger partial charge is 0.370 e. The lowest BCUT2D eigenvalue weighted by Crippen LogP contribution is -2.44. The standard InChI is InChI=1S/C27H37N2/c1-16-11-18(3)24-20(13-16)28(9)22(26(24,5)6)15-23-27(7,8)25-19(4)12-17(2)14-21(25)29(23)10/h11-14,22H,15H2,1-10H3/q+1. The van der Waals surface area contributed by atoms with Gasteiger partial charge in [-0.25, -0.2) is 4.58 Å². The topological polar surface area (TPSA) is 6.25 Å². The Labute approximate surface area is 177 Å². The van der Waals surface area contributed by atoms with E-state index in [1.807, 2.05) is 0 Å². The van der Waals surface area contributed by atoms with E-state index in [0.717, 1.165) is 6.42 Å². The number of nitrogens with zero attached hydrogens (tertiary/aromatic N) is 2. The highest BCUT2D eigenvalue weighted by molar-refractivity contribution is 5.96. The van der Waals surface area contributed by atoms with Crippen LogP contribution in [0.5, 0.6) is 0 Å². The van der Waals surface area contributed by atoms with E-state index in [1.165, 1.54) is 50.5 Å². The number of anilines is 1. The van der Waals surface area contributed by atoms with Crippen LogP contribution in [0.2, 0.25) is 0 Å². The summed E-state index contributed by atoms with van der Waals surface area (Å²) in [5.41, 5.74) is 13.1. The van der Waals surface area contributed by atoms with Gasteiger partial charge in [-0.1, -0.05) is 26.0 Å². The van der Waals surface area contributed by atoms with Gasteiger partial charge in [0.1, 0.15) is 7.05 Å². The van der Waals surface area contributed by atoms with Crippen LogP contribution in [0.4, 0.5) is 11.4 Å². The summed E-state index contributed by atoms with van der Waals surface area (Å²) in [4.78, 5) is 2.55. The Morgan fingerprint density at radius 1 is 0.862 bits per heavy atom. The minimum atomic E-state index is 0.0541. The van der Waals surface area contributed by atoms with Crippen molar-refractivity contribution in [1.29, 1.82) is 0 Å². The van der Waals surface area contributed by atoms with Crippen molar-refractivity contribution in [2.24, 2.45) is 0 Å². The third kappa shape index (κ3) is 2.71. The fraction of sp³-hybridized carbons (Fsp3) is 0.519. The van der Waals surface area contributed by atoms with Gasteiger partial charge in [-0.3, -0.25) is 0 Å². The van der Waals surface area contributed by atoms with E-state index in [1.54, 1.807) is 0 Å². The molecule has 1 atom stereocenters. The number of likely N-dealkylation sites (N-methyl/N-ethyl adjacent to an activating group) is 1. The molecule has 0 radical (unpaired) electrons. The number of benzene rings is 2. The van der Waals surface area contributed by atoms with Gasteiger partial charge < -0.3 is 4.90 Å². The highest BCUT2D eigenvalue weighted by Crippen LogP contribution is 2.50. The van der Waals surface area contributed by atoms with Crippen molar-refractivity contribution in [1.82, 2.24) is 0 Å². The lowest BCUT2D eigenvalue weighted by atomic mass is 9.72. The van der Waals surface area contributed by atoms with Crippen LogP contribution in [0.1, 0.15) is 67.5 Å². The van der Waals surface area contributed by atoms with Gasteiger partial charge in [0.05, 0.1) is 11.8 Å². The van der Waals surface area contributed by atoms with Crippen LogP contribution in [0.15, 0.2) is 24.3 Å². The molecule has 0 N–H and O–H groups in total. The van der Waals surface area contributed by atoms with Gasteiger partial charge in [0.25, 0.3) is 0 Å². The van der Waals surface area contributed by atoms with Crippen molar-refractivity contribution in [2.45, 2.75) is 78.7 Å². The molecule has 154 valence electrons. The third-order valence-electron chi connectivity index (χ3n) is 7.74. The molecule has 2 aromatic carbocycles. The Hall–Kier alpha value is -2.09. The molecule has 29 heavy (non-hydrogen) atoms. The summed E-state index contributed by atoms with van der Waals surface area (Å²) in [5.74, 6) is 0. The van der Waals surface area contributed by atoms with E-state index in [2.05, 4.69) is 103 Å². The molecule has 2 aliphatic rings. The second kappa shape index (κ2) is 6.20. The van der Waals surface area contributed by atoms with Crippen LogP contribution in [-0.2, 0) is 10.8 Å². The Morgan fingerprint density at radius 2 is 1.41 bits per heavy atom. The molecule has 2 aliphatic heterocycles. The average Bonchev–Trinajstić information content (AvgIpc) is 2.88. The number of aryl methyl sites for hydroxylation is 4. The normalized spacial score (nSPS) is 21.6. The average molecular weight is 390 g/mol. The zero-order valence-electron chi connectivity index (χ0n) is 20.0. The van der Waals surface area contributed by atoms with E-state index < -0.39 is 0 Å². The van der Waals surface area contributed by atoms with Gasteiger partial charge in [-0.15, -0.1) is 0 Å². The van der Waals surface area contributed by atoms with Crippen molar-refractivity contribution < 1.29 is 4.58 Å². The first-order chi connectivity index (χ1) is 13.4. The monoisotopic (exact) mass is 389 g/mol. The third-order valence-corrected chi connectivity index (χ3v) is 7.74. The van der Waals surface area contributed by atoms with Crippen LogP contribution < -0.4 is 4.90 Å². The summed E-state index contributed by atoms with van der Waals surface area (Å²) in [6.45, 7) is 18.7. The fourth-order valence-electron chi connectivity index (χ4n) is 6.58. The van der Waals surface area contributed by atoms with Crippen molar-refractivity contribution in [3.8, 4) is 0 Å². The molecule has 0 saturated heterocycles. The highest BCUT2D eigenvalue weighted by Gasteiger charge is 2.51. The molecule has 0 spiro atoms. The lowest BCUT2D eigenvalue weighted by Gasteiger charge is -2.33. The summed E-state index contributed by atoms with van der Waals surface area (Å²) in [7, 11) is 4.56. The fourth-order valence-corrected chi connectivity index (χ4v) is 6.58. The maximum Gasteiger partial charge on any atom is 0.209 e. The maximum absolute atomic E-state index is 2.55. The van der Waals surface area contributed by atoms with Crippen molar-refractivity contribution in [2.75, 3.05) is 19.0 Å². The summed E-state index contributed by atoms with van der Waals surface area (Å²) in [5, 5.41) is 0. The SMILES string of the molecule is Cc1cc(C)c2c(c1)N(C)C(CC1=[N+](C)c3cc(C)cc(C)c3C1(C)C)C2(C)C. The minimum Gasteiger partial charge on any atom is -0.370 e. The smallest absolute Gasteiger partial charge is 0.209 e. The molecule has 2 nitrogen and oxygen atoms in total. The molecule has 0 aliphatic carbocycles. The molecule has 1 unspecified atom stereocenters. The maximum atomic E-state index is 2.55. The van der Waals surface area contributed by atoms with E-state index in [9.17, 15) is 0 Å². The molecule has 0 saturated carbocycles. The van der Waals surface area contributed by atoms with Crippen molar-refractivity contribution in [3.05, 3.63) is 57.6 Å². The number of hydrogen-bond donors (Lipinski definition) is 0. The number of hydrogen-bond acceptors (Lipinski definition) is 1. The van der Waals surface area contributed by atoms with E-state index >= 15 is 0 Å². The minimum absolute atomic E-state index is 0.0541. The first-order valence-corrected chi connectivity index (χ1v) is 10.9. The van der Waals surface area contributed by atoms with E-state index in [4.69, 9.17) is 0 Å². The zero-order valence-corrected chi connectivity index (χ0v) is 20.0. The van der Waals surface area contributed by atoms with Crippen LogP contribution in [0.25, 0.3) is 0 Å². The summed E-state index contributed by atoms with van der Waals surface area (Å²) in [6, 6.07) is 9.87. The van der Waals surface area contributed by atoms with Crippen molar-refractivity contribution in [3.63, 3.8) is 0 Å². The molecule has 0 bridgehead atoms. The second-order valence-electron chi connectivity index (χ2n) is 10.6. The Kier molecular flexibility index (Phi) is 4.32. The molecule has 0 amide bonds. The highest BCUT2D eigenvalue weighted by atomic mass is 15.2. The van der Waals surface area contributed by atoms with Crippen LogP contribution in [0, 0.1) is 27.7 Å². The van der Waals surface area contributed by atoms with E-state index in [-0.39, 0.29) is 10.8 Å². The molecule has 0 aromatic heterocycles. The summed E-state index contributed by atoms with van der Waals surface area (Å²) < 4.78 is 2.49. The zero-order chi connectivity index (χ0) is 21.5. The van der Waals surface area contributed by atoms with Gasteiger partial charge in [0.2, 0.25) is 5.69 Å². The lowest BCUT2D eigenvalue weighted by molar-refractivity contribution is -0.404. The molecule has 2 heterocycles. The van der Waals surface area contributed by atoms with E-state index in [0.29, 0.717) is 6.04 Å². The Morgan fingerprint density at radius 3 is 2.03 bits per heavy atom. The summed E-state index contributed by atoms with van der Waals surface area (Å²) in [6.07, 6.45) is 1.08. The molecule has 2 aromatic rings. The van der Waals surface area contributed by atoms with Crippen LogP contribution in [0.3, 0.4) is 0 Å². The predicted octanol–water partition coefficient (Wildman–Crippen LogP) is 6.11. The van der Waals surface area contributed by atoms with Gasteiger partial charge in [-0.05, 0) is 75.4 Å². The Balaban J connectivity index is 1.81. The quantitative estimate of drug-likeness (QED) is 0.561. The van der Waals surface area contributed by atoms with Gasteiger partial charge in [0, 0.05) is 35.8 Å². The second-order valence-corrected chi connectivity index (χ2v) is 10.6. The van der Waals surface area contributed by atoms with Crippen LogP contribution >= 0.6 is 0 Å². The van der Waals surface area contributed by atoms with Crippen LogP contribution in [-0.4, -0.2) is 30.4 Å². The first kappa shape index (κ1) is 20.2. The van der Waals surface area contributed by atoms with Crippen molar-refractivity contribution >= 4 is 17.1 Å². The molecule has 4 rings (SSSR count). The van der Waals surface area contributed by atoms with Gasteiger partial charge >= 0.3 is 0 Å². The number of fused-ring (bicyclic) bond motifs is 2. The molecular formula is C27H37N2+. The molecule has 2 heteroatoms. The summed E-state index contributed by atoms with van der Waals surface area (Å²) >= 11 is 0.